The van der Waals surface area contributed by atoms with Crippen molar-refractivity contribution in [3.63, 3.8) is 0 Å². The number of nitrogens with zero attached hydrogens (tertiary/aromatic N) is 1. The third kappa shape index (κ3) is 3.71. The van der Waals surface area contributed by atoms with Crippen LogP contribution in [0.3, 0.4) is 0 Å². The molecule has 0 aliphatic rings. The molecule has 0 atom stereocenters. The summed E-state index contributed by atoms with van der Waals surface area (Å²) in [7, 11) is 1.31. The lowest BCUT2D eigenvalue weighted by molar-refractivity contribution is 0.0601. The largest absolute Gasteiger partial charge is 0.465 e. The molecule has 1 amide bonds. The zero-order valence-corrected chi connectivity index (χ0v) is 15.7. The Labute approximate surface area is 163 Å². The molecule has 0 unspecified atom stereocenters. The van der Waals surface area contributed by atoms with Gasteiger partial charge in [-0.2, -0.15) is 0 Å². The van der Waals surface area contributed by atoms with Gasteiger partial charge in [-0.3, -0.25) is 9.69 Å². The maximum atomic E-state index is 13.4. The van der Waals surface area contributed by atoms with Crippen molar-refractivity contribution in [1.82, 2.24) is 0 Å². The van der Waals surface area contributed by atoms with E-state index in [4.69, 9.17) is 16.3 Å². The normalized spacial score (nSPS) is 10.3. The van der Waals surface area contributed by atoms with Crippen molar-refractivity contribution in [1.29, 1.82) is 0 Å². The van der Waals surface area contributed by atoms with Crippen molar-refractivity contribution in [2.45, 2.75) is 6.92 Å². The predicted molar refractivity (Wildman–Crippen MR) is 107 cm³/mol. The first-order valence-corrected chi connectivity index (χ1v) is 8.74. The highest BCUT2D eigenvalue weighted by Gasteiger charge is 2.26. The number of hydrogen-bond donors (Lipinski definition) is 0. The van der Waals surface area contributed by atoms with Crippen LogP contribution in [0.2, 0.25) is 5.02 Å². The maximum absolute atomic E-state index is 13.4. The topological polar surface area (TPSA) is 46.6 Å². The van der Waals surface area contributed by atoms with Gasteiger partial charge in [0.05, 0.1) is 24.0 Å². The molecule has 0 aliphatic heterocycles. The summed E-state index contributed by atoms with van der Waals surface area (Å²) in [5, 5.41) is 0.536. The van der Waals surface area contributed by atoms with Crippen molar-refractivity contribution < 1.29 is 14.3 Å². The molecule has 136 valence electrons. The van der Waals surface area contributed by atoms with Crippen LogP contribution in [-0.4, -0.2) is 19.0 Å². The molecule has 3 rings (SSSR count). The summed E-state index contributed by atoms with van der Waals surface area (Å²) in [6.45, 7) is 1.84. The number of rotatable bonds is 4. The van der Waals surface area contributed by atoms with Gasteiger partial charge in [0.15, 0.2) is 0 Å². The fraction of sp³-hybridized carbons (Fsp3) is 0.0909. The molecule has 0 spiro atoms. The van der Waals surface area contributed by atoms with Crippen LogP contribution in [0.5, 0.6) is 0 Å². The summed E-state index contributed by atoms with van der Waals surface area (Å²) >= 11 is 6.30. The first-order chi connectivity index (χ1) is 13.0. The Hall–Kier alpha value is -3.11. The van der Waals surface area contributed by atoms with Gasteiger partial charge in [0.1, 0.15) is 0 Å². The molecule has 5 heteroatoms. The molecule has 3 aromatic carbocycles. The van der Waals surface area contributed by atoms with E-state index in [0.717, 1.165) is 5.56 Å². The third-order valence-electron chi connectivity index (χ3n) is 4.25. The monoisotopic (exact) mass is 379 g/mol. The molecule has 0 saturated heterocycles. The SMILES string of the molecule is COC(=O)c1ccccc1N(C(=O)c1ccccc1)c1cccc(Cl)c1C. The van der Waals surface area contributed by atoms with Crippen LogP contribution in [0.4, 0.5) is 11.4 Å². The lowest BCUT2D eigenvalue weighted by Gasteiger charge is -2.26. The van der Waals surface area contributed by atoms with Crippen LogP contribution in [0.15, 0.2) is 72.8 Å². The molecule has 0 N–H and O–H groups in total. The highest BCUT2D eigenvalue weighted by atomic mass is 35.5. The Bertz CT molecular complexity index is 986. The molecule has 0 bridgehead atoms. The second kappa shape index (κ2) is 8.06. The van der Waals surface area contributed by atoms with E-state index in [2.05, 4.69) is 0 Å². The average molecular weight is 380 g/mol. The number of hydrogen-bond acceptors (Lipinski definition) is 3. The summed E-state index contributed by atoms with van der Waals surface area (Å²) in [6, 6.07) is 21.1. The zero-order chi connectivity index (χ0) is 19.4. The van der Waals surface area contributed by atoms with Crippen LogP contribution >= 0.6 is 11.6 Å². The Balaban J connectivity index is 2.25. The van der Waals surface area contributed by atoms with Crippen molar-refractivity contribution in [2.24, 2.45) is 0 Å². The van der Waals surface area contributed by atoms with E-state index in [9.17, 15) is 9.59 Å². The lowest BCUT2D eigenvalue weighted by atomic mass is 10.1. The van der Waals surface area contributed by atoms with Crippen molar-refractivity contribution in [3.05, 3.63) is 94.5 Å². The molecular weight excluding hydrogens is 362 g/mol. The summed E-state index contributed by atoms with van der Waals surface area (Å²) in [4.78, 5) is 27.2. The predicted octanol–water partition coefficient (Wildman–Crippen LogP) is 5.41. The van der Waals surface area contributed by atoms with Crippen molar-refractivity contribution in [3.8, 4) is 0 Å². The van der Waals surface area contributed by atoms with Crippen molar-refractivity contribution in [2.75, 3.05) is 12.0 Å². The Kier molecular flexibility index (Phi) is 5.57. The molecule has 0 heterocycles. The minimum absolute atomic E-state index is 0.266. The first-order valence-electron chi connectivity index (χ1n) is 8.36. The number of carbonyl (C=O) groups is 2. The standard InChI is InChI=1S/C22H18ClNO3/c1-15-18(23)12-8-14-19(15)24(21(25)16-9-4-3-5-10-16)20-13-7-6-11-17(20)22(26)27-2/h3-14H,1-2H3. The smallest absolute Gasteiger partial charge is 0.339 e. The minimum Gasteiger partial charge on any atom is -0.465 e. The average Bonchev–Trinajstić information content (AvgIpc) is 2.71. The number of esters is 1. The number of benzene rings is 3. The second-order valence-corrected chi connectivity index (χ2v) is 6.31. The number of halogens is 1. The van der Waals surface area contributed by atoms with E-state index in [-0.39, 0.29) is 5.91 Å². The van der Waals surface area contributed by atoms with E-state index < -0.39 is 5.97 Å². The van der Waals surface area contributed by atoms with Gasteiger partial charge >= 0.3 is 5.97 Å². The maximum Gasteiger partial charge on any atom is 0.339 e. The van der Waals surface area contributed by atoms with Crippen LogP contribution in [0.1, 0.15) is 26.3 Å². The minimum atomic E-state index is -0.517. The van der Waals surface area contributed by atoms with E-state index in [1.807, 2.05) is 13.0 Å². The number of ether oxygens (including phenoxy) is 1. The summed E-state index contributed by atoms with van der Waals surface area (Å²) in [5.74, 6) is -0.784. The molecule has 0 saturated carbocycles. The zero-order valence-electron chi connectivity index (χ0n) is 15.0. The molecule has 27 heavy (non-hydrogen) atoms. The molecule has 3 aromatic rings. The van der Waals surface area contributed by atoms with Crippen LogP contribution in [0, 0.1) is 6.92 Å². The summed E-state index contributed by atoms with van der Waals surface area (Å²) in [6.07, 6.45) is 0. The number of amides is 1. The molecule has 0 radical (unpaired) electrons. The number of anilines is 2. The Morgan fingerprint density at radius 3 is 2.19 bits per heavy atom. The van der Waals surface area contributed by atoms with Gasteiger partial charge in [-0.05, 0) is 48.9 Å². The fourth-order valence-corrected chi connectivity index (χ4v) is 3.02. The second-order valence-electron chi connectivity index (χ2n) is 5.90. The summed E-state index contributed by atoms with van der Waals surface area (Å²) < 4.78 is 4.90. The van der Waals surface area contributed by atoms with Crippen molar-refractivity contribution >= 4 is 34.9 Å². The molecule has 0 aromatic heterocycles. The van der Waals surface area contributed by atoms with E-state index in [1.54, 1.807) is 66.7 Å². The van der Waals surface area contributed by atoms with Crippen LogP contribution in [-0.2, 0) is 4.74 Å². The first kappa shape index (κ1) is 18.7. The number of methoxy groups -OCH3 is 1. The molecule has 0 aliphatic carbocycles. The van der Waals surface area contributed by atoms with E-state index in [1.165, 1.54) is 12.0 Å². The Morgan fingerprint density at radius 2 is 1.48 bits per heavy atom. The highest BCUT2D eigenvalue weighted by molar-refractivity contribution is 6.32. The summed E-state index contributed by atoms with van der Waals surface area (Å²) in [5.41, 5.74) is 2.57. The van der Waals surface area contributed by atoms with Gasteiger partial charge < -0.3 is 4.74 Å². The van der Waals surface area contributed by atoms with Crippen LogP contribution in [0.25, 0.3) is 0 Å². The van der Waals surface area contributed by atoms with Gasteiger partial charge in [0.2, 0.25) is 0 Å². The fourth-order valence-electron chi connectivity index (χ4n) is 2.85. The Morgan fingerprint density at radius 1 is 0.852 bits per heavy atom. The van der Waals surface area contributed by atoms with Gasteiger partial charge in [-0.15, -0.1) is 0 Å². The van der Waals surface area contributed by atoms with E-state index in [0.29, 0.717) is 27.5 Å². The molecule has 0 fully saturated rings. The van der Waals surface area contributed by atoms with Gasteiger partial charge in [0.25, 0.3) is 5.91 Å². The molecular formula is C22H18ClNO3. The quantitative estimate of drug-likeness (QED) is 0.569. The van der Waals surface area contributed by atoms with Gasteiger partial charge in [-0.1, -0.05) is 48.0 Å². The molecule has 4 nitrogen and oxygen atoms in total. The van der Waals surface area contributed by atoms with E-state index >= 15 is 0 Å². The number of carbonyl (C=O) groups excluding carboxylic acids is 2. The number of para-hydroxylation sites is 1. The van der Waals surface area contributed by atoms with Gasteiger partial charge in [-0.25, -0.2) is 4.79 Å². The van der Waals surface area contributed by atoms with Gasteiger partial charge in [0, 0.05) is 10.6 Å². The third-order valence-corrected chi connectivity index (χ3v) is 4.66. The highest BCUT2D eigenvalue weighted by Crippen LogP contribution is 2.35. The lowest BCUT2D eigenvalue weighted by Crippen LogP contribution is -2.28. The van der Waals surface area contributed by atoms with Crippen LogP contribution < -0.4 is 4.90 Å².